The average Bonchev–Trinajstić information content (AvgIpc) is 2.60. The molecule has 1 saturated heterocycles. The highest BCUT2D eigenvalue weighted by molar-refractivity contribution is 8.13. The third-order valence-electron chi connectivity index (χ3n) is 2.79. The van der Waals surface area contributed by atoms with Crippen LogP contribution in [0.1, 0.15) is 0 Å². The van der Waals surface area contributed by atoms with Crippen molar-refractivity contribution in [3.8, 4) is 0 Å². The molecule has 0 aliphatic carbocycles. The molecule has 0 aromatic carbocycles. The molecule has 0 aromatic heterocycles. The van der Waals surface area contributed by atoms with E-state index in [1.54, 1.807) is 28.6 Å². The summed E-state index contributed by atoms with van der Waals surface area (Å²) in [7, 11) is 5.59. The lowest BCUT2D eigenvalue weighted by Gasteiger charge is -2.25. The minimum absolute atomic E-state index is 0.0377. The van der Waals surface area contributed by atoms with E-state index < -0.39 is 0 Å². The molecule has 78 valence electrons. The zero-order valence-corrected chi connectivity index (χ0v) is 9.58. The molecule has 5 nitrogen and oxygen atoms in total. The highest BCUT2D eigenvalue weighted by atomic mass is 32.2. The fourth-order valence-corrected chi connectivity index (χ4v) is 2.61. The van der Waals surface area contributed by atoms with Crippen molar-refractivity contribution in [1.29, 1.82) is 0 Å². The number of hydrogen-bond donors (Lipinski definition) is 0. The molecule has 0 spiro atoms. The summed E-state index contributed by atoms with van der Waals surface area (Å²) >= 11 is 1.61. The van der Waals surface area contributed by atoms with E-state index in [4.69, 9.17) is 0 Å². The Morgan fingerprint density at radius 3 is 2.36 bits per heavy atom. The average molecular weight is 214 g/mol. The smallest absolute Gasteiger partial charge is 0.323 e. The van der Waals surface area contributed by atoms with Crippen LogP contribution in [-0.2, 0) is 0 Å². The van der Waals surface area contributed by atoms with Crippen molar-refractivity contribution in [3.63, 3.8) is 0 Å². The topological polar surface area (TPSA) is 39.2 Å². The Labute approximate surface area is 87.7 Å². The largest absolute Gasteiger partial charge is 0.330 e. The number of thioether (sulfide) groups is 1. The van der Waals surface area contributed by atoms with Crippen molar-refractivity contribution in [2.24, 2.45) is 4.99 Å². The second-order valence-corrected chi connectivity index (χ2v) is 4.33. The van der Waals surface area contributed by atoms with Gasteiger partial charge in [0, 0.05) is 21.1 Å². The van der Waals surface area contributed by atoms with Crippen molar-refractivity contribution >= 4 is 23.0 Å². The van der Waals surface area contributed by atoms with E-state index in [2.05, 4.69) is 9.89 Å². The fraction of sp³-hybridized carbons (Fsp3) is 0.750. The number of nitrogens with zero attached hydrogens (tertiary/aromatic N) is 4. The first-order chi connectivity index (χ1) is 6.57. The zero-order chi connectivity index (χ0) is 10.5. The highest BCUT2D eigenvalue weighted by Gasteiger charge is 2.48. The SMILES string of the molecule is CSC1=N[C@H]2[C@H](N(C)C(=O)N2C)N1C. The second kappa shape index (κ2) is 3.05. The van der Waals surface area contributed by atoms with E-state index in [1.165, 1.54) is 0 Å². The van der Waals surface area contributed by atoms with Gasteiger partial charge in [0.25, 0.3) is 0 Å². The molecule has 0 radical (unpaired) electrons. The molecule has 1 fully saturated rings. The van der Waals surface area contributed by atoms with Gasteiger partial charge >= 0.3 is 6.03 Å². The maximum Gasteiger partial charge on any atom is 0.323 e. The van der Waals surface area contributed by atoms with E-state index in [1.807, 2.05) is 20.4 Å². The van der Waals surface area contributed by atoms with Gasteiger partial charge in [0.15, 0.2) is 11.3 Å². The van der Waals surface area contributed by atoms with Gasteiger partial charge < -0.3 is 14.7 Å². The molecule has 0 aromatic rings. The lowest BCUT2D eigenvalue weighted by Crippen LogP contribution is -2.43. The number of aliphatic imine (C=N–C) groups is 1. The van der Waals surface area contributed by atoms with Crippen molar-refractivity contribution in [1.82, 2.24) is 14.7 Å². The third kappa shape index (κ3) is 1.03. The van der Waals surface area contributed by atoms with Crippen LogP contribution >= 0.6 is 11.8 Å². The molecule has 14 heavy (non-hydrogen) atoms. The number of amides is 2. The first kappa shape index (κ1) is 9.64. The summed E-state index contributed by atoms with van der Waals surface area (Å²) in [5.74, 6) is 0. The van der Waals surface area contributed by atoms with Crippen LogP contribution in [0.2, 0.25) is 0 Å². The van der Waals surface area contributed by atoms with Crippen molar-refractivity contribution < 1.29 is 4.79 Å². The minimum atomic E-state index is -0.0417. The van der Waals surface area contributed by atoms with Gasteiger partial charge in [0.2, 0.25) is 0 Å². The van der Waals surface area contributed by atoms with Crippen LogP contribution in [0.5, 0.6) is 0 Å². The van der Waals surface area contributed by atoms with Crippen LogP contribution in [-0.4, -0.2) is 65.6 Å². The summed E-state index contributed by atoms with van der Waals surface area (Å²) < 4.78 is 0. The third-order valence-corrected chi connectivity index (χ3v) is 3.55. The fourth-order valence-electron chi connectivity index (χ4n) is 2.00. The van der Waals surface area contributed by atoms with Gasteiger partial charge in [-0.3, -0.25) is 0 Å². The van der Waals surface area contributed by atoms with Gasteiger partial charge in [0.1, 0.15) is 6.17 Å². The summed E-state index contributed by atoms with van der Waals surface area (Å²) in [6.07, 6.45) is 2.02. The molecule has 2 heterocycles. The number of amidine groups is 1. The monoisotopic (exact) mass is 214 g/mol. The van der Waals surface area contributed by atoms with Crippen molar-refractivity contribution in [3.05, 3.63) is 0 Å². The number of hydrogen-bond acceptors (Lipinski definition) is 4. The number of fused-ring (bicyclic) bond motifs is 1. The Hall–Kier alpha value is -0.910. The first-order valence-electron chi connectivity index (χ1n) is 4.42. The molecular weight excluding hydrogens is 200 g/mol. The first-order valence-corrected chi connectivity index (χ1v) is 5.64. The highest BCUT2D eigenvalue weighted by Crippen LogP contribution is 2.30. The van der Waals surface area contributed by atoms with E-state index in [0.717, 1.165) is 5.17 Å². The van der Waals surface area contributed by atoms with E-state index in [-0.39, 0.29) is 18.4 Å². The van der Waals surface area contributed by atoms with Crippen LogP contribution < -0.4 is 0 Å². The summed E-state index contributed by atoms with van der Waals surface area (Å²) in [5, 5.41) is 0.992. The van der Waals surface area contributed by atoms with Crippen LogP contribution in [0.25, 0.3) is 0 Å². The second-order valence-electron chi connectivity index (χ2n) is 3.56. The van der Waals surface area contributed by atoms with E-state index >= 15 is 0 Å². The lowest BCUT2D eigenvalue weighted by atomic mass is 10.4. The van der Waals surface area contributed by atoms with Gasteiger partial charge in [-0.1, -0.05) is 11.8 Å². The van der Waals surface area contributed by atoms with Crippen LogP contribution in [0.3, 0.4) is 0 Å². The number of likely N-dealkylation sites (N-methyl/N-ethyl adjacent to an activating group) is 3. The quantitative estimate of drug-likeness (QED) is 0.582. The molecule has 2 aliphatic rings. The van der Waals surface area contributed by atoms with Crippen LogP contribution in [0, 0.1) is 0 Å². The number of rotatable bonds is 0. The Morgan fingerprint density at radius 2 is 1.86 bits per heavy atom. The van der Waals surface area contributed by atoms with E-state index in [9.17, 15) is 4.79 Å². The number of carbonyl (C=O) groups is 1. The summed E-state index contributed by atoms with van der Waals surface area (Å²) in [6.45, 7) is 0. The number of urea groups is 1. The van der Waals surface area contributed by atoms with E-state index in [0.29, 0.717) is 0 Å². The van der Waals surface area contributed by atoms with Gasteiger partial charge in [-0.05, 0) is 6.26 Å². The summed E-state index contributed by atoms with van der Waals surface area (Å²) in [6, 6.07) is 0.0377. The maximum absolute atomic E-state index is 11.6. The summed E-state index contributed by atoms with van der Waals surface area (Å²) in [5.41, 5.74) is 0. The Balaban J connectivity index is 2.31. The normalized spacial score (nSPS) is 31.3. The molecule has 0 N–H and O–H groups in total. The van der Waals surface area contributed by atoms with Gasteiger partial charge in [-0.15, -0.1) is 0 Å². The van der Waals surface area contributed by atoms with Gasteiger partial charge in [0.05, 0.1) is 0 Å². The molecule has 2 rings (SSSR count). The predicted octanol–water partition coefficient (Wildman–Crippen LogP) is 0.300. The number of carbonyl (C=O) groups excluding carboxylic acids is 1. The Morgan fingerprint density at radius 1 is 1.21 bits per heavy atom. The minimum Gasteiger partial charge on any atom is -0.330 e. The summed E-state index contributed by atoms with van der Waals surface area (Å²) in [4.78, 5) is 21.6. The molecule has 0 saturated carbocycles. The molecule has 2 atom stereocenters. The maximum atomic E-state index is 11.6. The van der Waals surface area contributed by atoms with Gasteiger partial charge in [-0.2, -0.15) is 0 Å². The van der Waals surface area contributed by atoms with Crippen LogP contribution in [0.15, 0.2) is 4.99 Å². The lowest BCUT2D eigenvalue weighted by molar-refractivity contribution is 0.182. The Bertz CT molecular complexity index is 306. The molecule has 2 aliphatic heterocycles. The molecule has 2 amide bonds. The molecular formula is C8H14N4OS. The van der Waals surface area contributed by atoms with Crippen molar-refractivity contribution in [2.45, 2.75) is 12.3 Å². The predicted molar refractivity (Wildman–Crippen MR) is 57.2 cm³/mol. The molecule has 0 bridgehead atoms. The zero-order valence-electron chi connectivity index (χ0n) is 8.76. The standard InChI is InChI=1S/C8H14N4OS/c1-10-5-6(12(3)8(10)13)11(2)7(9-5)14-4/h5-6H,1-4H3/t5-,6+/m1/s1. The van der Waals surface area contributed by atoms with Crippen molar-refractivity contribution in [2.75, 3.05) is 27.4 Å². The molecule has 0 unspecified atom stereocenters. The van der Waals surface area contributed by atoms with Crippen LogP contribution in [0.4, 0.5) is 4.79 Å². The molecule has 6 heteroatoms. The van der Waals surface area contributed by atoms with Gasteiger partial charge in [-0.25, -0.2) is 9.79 Å². The Kier molecular flexibility index (Phi) is 2.10.